The van der Waals surface area contributed by atoms with Gasteiger partial charge in [-0.15, -0.1) is 0 Å². The van der Waals surface area contributed by atoms with Crippen LogP contribution < -0.4 is 10.6 Å². The Labute approximate surface area is 150 Å². The molecule has 5 heteroatoms. The fraction of sp³-hybridized carbons (Fsp3) is 0.579. The standard InChI is InChI=1S/C19H28N2O2S/c1-5-23-17(22)15-9-8-10-16(14(15)4)20-18(24)21-19(13(2)3)11-6-7-12-19/h8-10,13H,5-7,11-12H2,1-4H3,(H2,20,21,24). The Hall–Kier alpha value is -1.62. The van der Waals surface area contributed by atoms with Crippen molar-refractivity contribution in [3.8, 4) is 0 Å². The van der Waals surface area contributed by atoms with Crippen LogP contribution in [0.3, 0.4) is 0 Å². The smallest absolute Gasteiger partial charge is 0.338 e. The minimum atomic E-state index is -0.299. The van der Waals surface area contributed by atoms with E-state index in [0.717, 1.165) is 24.1 Å². The number of thiocarbonyl (C=S) groups is 1. The summed E-state index contributed by atoms with van der Waals surface area (Å²) < 4.78 is 5.11. The van der Waals surface area contributed by atoms with Crippen molar-refractivity contribution in [3.05, 3.63) is 29.3 Å². The van der Waals surface area contributed by atoms with Crippen LogP contribution in [0.15, 0.2) is 18.2 Å². The maximum atomic E-state index is 12.0. The van der Waals surface area contributed by atoms with Gasteiger partial charge < -0.3 is 15.4 Å². The highest BCUT2D eigenvalue weighted by atomic mass is 32.1. The molecule has 0 aliphatic heterocycles. The molecular formula is C19H28N2O2S. The Morgan fingerprint density at radius 2 is 2.00 bits per heavy atom. The summed E-state index contributed by atoms with van der Waals surface area (Å²) in [5.74, 6) is 0.221. The summed E-state index contributed by atoms with van der Waals surface area (Å²) in [6, 6.07) is 5.56. The summed E-state index contributed by atoms with van der Waals surface area (Å²) in [7, 11) is 0. The molecule has 2 rings (SSSR count). The Bertz CT molecular complexity index is 607. The van der Waals surface area contributed by atoms with Crippen molar-refractivity contribution in [1.29, 1.82) is 0 Å². The van der Waals surface area contributed by atoms with E-state index in [1.807, 2.05) is 19.1 Å². The van der Waals surface area contributed by atoms with E-state index in [2.05, 4.69) is 24.5 Å². The Morgan fingerprint density at radius 3 is 2.58 bits per heavy atom. The highest BCUT2D eigenvalue weighted by molar-refractivity contribution is 7.80. The molecule has 0 heterocycles. The lowest BCUT2D eigenvalue weighted by molar-refractivity contribution is 0.0525. The molecule has 1 aliphatic carbocycles. The monoisotopic (exact) mass is 348 g/mol. The van der Waals surface area contributed by atoms with E-state index in [-0.39, 0.29) is 11.5 Å². The summed E-state index contributed by atoms with van der Waals surface area (Å²) in [6.07, 6.45) is 4.78. The highest BCUT2D eigenvalue weighted by Gasteiger charge is 2.37. The molecule has 0 atom stereocenters. The maximum absolute atomic E-state index is 12.0. The number of hydrogen-bond acceptors (Lipinski definition) is 3. The molecule has 0 spiro atoms. The van der Waals surface area contributed by atoms with Crippen LogP contribution in [0, 0.1) is 12.8 Å². The molecule has 1 saturated carbocycles. The first-order valence-corrected chi connectivity index (χ1v) is 9.16. The van der Waals surface area contributed by atoms with E-state index in [0.29, 0.717) is 23.2 Å². The molecule has 2 N–H and O–H groups in total. The number of esters is 1. The first-order valence-electron chi connectivity index (χ1n) is 8.75. The molecule has 1 aromatic carbocycles. The Morgan fingerprint density at radius 1 is 1.33 bits per heavy atom. The molecule has 1 fully saturated rings. The first-order chi connectivity index (χ1) is 11.4. The van der Waals surface area contributed by atoms with Crippen LogP contribution in [0.25, 0.3) is 0 Å². The first kappa shape index (κ1) is 18.7. The number of carbonyl (C=O) groups is 1. The van der Waals surface area contributed by atoms with Gasteiger partial charge in [0, 0.05) is 11.2 Å². The number of anilines is 1. The van der Waals surface area contributed by atoms with Crippen LogP contribution in [-0.2, 0) is 4.74 Å². The average Bonchev–Trinajstić information content (AvgIpc) is 2.99. The highest BCUT2D eigenvalue weighted by Crippen LogP contribution is 2.36. The van der Waals surface area contributed by atoms with Crippen molar-refractivity contribution < 1.29 is 9.53 Å². The number of carbonyl (C=O) groups excluding carboxylic acids is 1. The van der Waals surface area contributed by atoms with Gasteiger partial charge in [0.05, 0.1) is 12.2 Å². The van der Waals surface area contributed by atoms with Crippen molar-refractivity contribution in [2.75, 3.05) is 11.9 Å². The van der Waals surface area contributed by atoms with Crippen LogP contribution in [0.2, 0.25) is 0 Å². The number of nitrogens with one attached hydrogen (secondary N) is 2. The van der Waals surface area contributed by atoms with E-state index in [9.17, 15) is 4.79 Å². The lowest BCUT2D eigenvalue weighted by Crippen LogP contribution is -2.51. The van der Waals surface area contributed by atoms with E-state index in [1.54, 1.807) is 13.0 Å². The number of ether oxygens (including phenoxy) is 1. The molecule has 4 nitrogen and oxygen atoms in total. The average molecular weight is 349 g/mol. The molecule has 0 bridgehead atoms. The van der Waals surface area contributed by atoms with Crippen LogP contribution >= 0.6 is 12.2 Å². The third-order valence-corrected chi connectivity index (χ3v) is 5.24. The van der Waals surface area contributed by atoms with Crippen molar-refractivity contribution >= 4 is 29.0 Å². The Balaban J connectivity index is 2.12. The fourth-order valence-corrected chi connectivity index (χ4v) is 3.75. The van der Waals surface area contributed by atoms with Gasteiger partial charge in [-0.2, -0.15) is 0 Å². The summed E-state index contributed by atoms with van der Waals surface area (Å²) in [4.78, 5) is 12.0. The minimum absolute atomic E-state index is 0.0801. The number of rotatable bonds is 5. The summed E-state index contributed by atoms with van der Waals surface area (Å²) in [5.41, 5.74) is 2.35. The van der Waals surface area contributed by atoms with Crippen LogP contribution in [-0.4, -0.2) is 23.2 Å². The minimum Gasteiger partial charge on any atom is -0.462 e. The summed E-state index contributed by atoms with van der Waals surface area (Å²) in [6.45, 7) is 8.57. The van der Waals surface area contributed by atoms with Gasteiger partial charge in [-0.3, -0.25) is 0 Å². The van der Waals surface area contributed by atoms with Crippen molar-refractivity contribution in [2.24, 2.45) is 5.92 Å². The SMILES string of the molecule is CCOC(=O)c1cccc(NC(=S)NC2(C(C)C)CCCC2)c1C. The summed E-state index contributed by atoms with van der Waals surface area (Å²) in [5, 5.41) is 7.43. The maximum Gasteiger partial charge on any atom is 0.338 e. The van der Waals surface area contributed by atoms with Gasteiger partial charge in [0.15, 0.2) is 5.11 Å². The number of benzene rings is 1. The zero-order valence-electron chi connectivity index (χ0n) is 15.1. The molecule has 0 unspecified atom stereocenters. The third-order valence-electron chi connectivity index (χ3n) is 5.04. The van der Waals surface area contributed by atoms with Gasteiger partial charge in [-0.25, -0.2) is 4.79 Å². The Kier molecular flexibility index (Phi) is 6.21. The predicted molar refractivity (Wildman–Crippen MR) is 103 cm³/mol. The molecule has 0 amide bonds. The van der Waals surface area contributed by atoms with Gasteiger partial charge in [-0.05, 0) is 62.5 Å². The van der Waals surface area contributed by atoms with Crippen LogP contribution in [0.1, 0.15) is 62.4 Å². The quantitative estimate of drug-likeness (QED) is 0.609. The molecule has 24 heavy (non-hydrogen) atoms. The van der Waals surface area contributed by atoms with Gasteiger partial charge in [-0.1, -0.05) is 32.8 Å². The second kappa shape index (κ2) is 7.97. The molecule has 1 aliphatic rings. The largest absolute Gasteiger partial charge is 0.462 e. The molecule has 132 valence electrons. The molecule has 0 saturated heterocycles. The van der Waals surface area contributed by atoms with Crippen molar-refractivity contribution in [3.63, 3.8) is 0 Å². The van der Waals surface area contributed by atoms with Gasteiger partial charge in [0.2, 0.25) is 0 Å². The van der Waals surface area contributed by atoms with Gasteiger partial charge in [0.25, 0.3) is 0 Å². The second-order valence-electron chi connectivity index (χ2n) is 6.80. The zero-order chi connectivity index (χ0) is 17.7. The fourth-order valence-electron chi connectivity index (χ4n) is 3.43. The van der Waals surface area contributed by atoms with E-state index in [1.165, 1.54) is 12.8 Å². The third kappa shape index (κ3) is 4.07. The predicted octanol–water partition coefficient (Wildman–Crippen LogP) is 4.43. The van der Waals surface area contributed by atoms with Gasteiger partial charge >= 0.3 is 5.97 Å². The topological polar surface area (TPSA) is 50.4 Å². The molecule has 0 aromatic heterocycles. The summed E-state index contributed by atoms with van der Waals surface area (Å²) >= 11 is 5.55. The molecular weight excluding hydrogens is 320 g/mol. The van der Waals surface area contributed by atoms with Crippen molar-refractivity contribution in [2.45, 2.75) is 58.9 Å². The van der Waals surface area contributed by atoms with E-state index < -0.39 is 0 Å². The van der Waals surface area contributed by atoms with Gasteiger partial charge in [0.1, 0.15) is 0 Å². The van der Waals surface area contributed by atoms with Crippen molar-refractivity contribution in [1.82, 2.24) is 5.32 Å². The van der Waals surface area contributed by atoms with Crippen LogP contribution in [0.5, 0.6) is 0 Å². The van der Waals surface area contributed by atoms with Crippen LogP contribution in [0.4, 0.5) is 5.69 Å². The normalized spacial score (nSPS) is 16.0. The zero-order valence-corrected chi connectivity index (χ0v) is 15.9. The van der Waals surface area contributed by atoms with E-state index in [4.69, 9.17) is 17.0 Å². The second-order valence-corrected chi connectivity index (χ2v) is 7.20. The number of hydrogen-bond donors (Lipinski definition) is 2. The molecule has 0 radical (unpaired) electrons. The molecule has 1 aromatic rings. The van der Waals surface area contributed by atoms with E-state index >= 15 is 0 Å². The lowest BCUT2D eigenvalue weighted by Gasteiger charge is -2.36. The lowest BCUT2D eigenvalue weighted by atomic mass is 9.85.